The fourth-order valence-electron chi connectivity index (χ4n) is 2.37. The molecule has 5 nitrogen and oxygen atoms in total. The van der Waals surface area contributed by atoms with Gasteiger partial charge in [-0.1, -0.05) is 18.2 Å². The molecule has 1 aromatic heterocycles. The van der Waals surface area contributed by atoms with Gasteiger partial charge in [0.2, 0.25) is 11.8 Å². The van der Waals surface area contributed by atoms with E-state index >= 15 is 0 Å². The van der Waals surface area contributed by atoms with E-state index in [1.54, 1.807) is 12.1 Å². The molecular formula is C16H15FN2O3S. The Morgan fingerprint density at radius 3 is 2.91 bits per heavy atom. The Morgan fingerprint density at radius 2 is 2.17 bits per heavy atom. The van der Waals surface area contributed by atoms with E-state index < -0.39 is 17.8 Å². The van der Waals surface area contributed by atoms with Crippen LogP contribution in [0.15, 0.2) is 41.8 Å². The van der Waals surface area contributed by atoms with E-state index in [0.29, 0.717) is 6.54 Å². The van der Waals surface area contributed by atoms with E-state index in [2.05, 4.69) is 5.32 Å². The molecule has 23 heavy (non-hydrogen) atoms. The molecule has 2 amide bonds. The van der Waals surface area contributed by atoms with Crippen molar-refractivity contribution in [1.82, 2.24) is 4.90 Å². The lowest BCUT2D eigenvalue weighted by atomic mass is 10.2. The Balaban J connectivity index is 1.76. The van der Waals surface area contributed by atoms with Crippen molar-refractivity contribution >= 4 is 28.8 Å². The summed E-state index contributed by atoms with van der Waals surface area (Å²) in [5.74, 6) is -1.23. The summed E-state index contributed by atoms with van der Waals surface area (Å²) < 4.78 is 18.9. The van der Waals surface area contributed by atoms with E-state index in [1.807, 2.05) is 17.5 Å². The van der Waals surface area contributed by atoms with Crippen LogP contribution in [0.2, 0.25) is 0 Å². The molecule has 0 saturated carbocycles. The van der Waals surface area contributed by atoms with Crippen molar-refractivity contribution in [2.75, 3.05) is 18.5 Å². The first-order valence-corrected chi connectivity index (χ1v) is 7.98. The highest BCUT2D eigenvalue weighted by atomic mass is 32.1. The van der Waals surface area contributed by atoms with Crippen molar-refractivity contribution in [1.29, 1.82) is 0 Å². The van der Waals surface area contributed by atoms with Crippen molar-refractivity contribution in [3.8, 4) is 0 Å². The van der Waals surface area contributed by atoms with Crippen LogP contribution in [0.1, 0.15) is 4.88 Å². The summed E-state index contributed by atoms with van der Waals surface area (Å²) in [7, 11) is 0. The molecule has 120 valence electrons. The number of nitrogens with one attached hydrogen (secondary N) is 1. The number of carbonyl (C=O) groups excluding carboxylic acids is 2. The number of rotatable bonds is 4. The standard InChI is InChI=1S/C16H15FN2O3S/c17-12-5-1-2-6-13(12)18-16(21)14-9-22-10-15(20)19(14)8-11-4-3-7-23-11/h1-7,14H,8-10H2,(H,18,21)/t14-/m1/s1. The number of hydrogen-bond donors (Lipinski definition) is 1. The summed E-state index contributed by atoms with van der Waals surface area (Å²) in [4.78, 5) is 27.0. The maximum absolute atomic E-state index is 13.7. The fraction of sp³-hybridized carbons (Fsp3) is 0.250. The third kappa shape index (κ3) is 3.57. The predicted molar refractivity (Wildman–Crippen MR) is 84.5 cm³/mol. The van der Waals surface area contributed by atoms with Crippen molar-refractivity contribution in [3.63, 3.8) is 0 Å². The first kappa shape index (κ1) is 15.6. The Hall–Kier alpha value is -2.25. The SMILES string of the molecule is O=C(Nc1ccccc1F)[C@H]1COCC(=O)N1Cc1cccs1. The van der Waals surface area contributed by atoms with Crippen LogP contribution in [0.3, 0.4) is 0 Å². The minimum atomic E-state index is -0.780. The van der Waals surface area contributed by atoms with E-state index in [-0.39, 0.29) is 24.8 Å². The Morgan fingerprint density at radius 1 is 1.35 bits per heavy atom. The van der Waals surface area contributed by atoms with Gasteiger partial charge < -0.3 is 15.0 Å². The molecule has 1 fully saturated rings. The number of halogens is 1. The second kappa shape index (κ2) is 6.89. The molecule has 2 heterocycles. The molecule has 3 rings (SSSR count). The van der Waals surface area contributed by atoms with Gasteiger partial charge >= 0.3 is 0 Å². The van der Waals surface area contributed by atoms with Crippen LogP contribution in [0.5, 0.6) is 0 Å². The Bertz CT molecular complexity index is 705. The fourth-order valence-corrected chi connectivity index (χ4v) is 3.07. The largest absolute Gasteiger partial charge is 0.369 e. The third-order valence-corrected chi connectivity index (χ3v) is 4.40. The first-order valence-electron chi connectivity index (χ1n) is 7.10. The molecule has 1 atom stereocenters. The molecule has 0 spiro atoms. The van der Waals surface area contributed by atoms with E-state index in [9.17, 15) is 14.0 Å². The van der Waals surface area contributed by atoms with Crippen molar-refractivity contribution in [2.24, 2.45) is 0 Å². The highest BCUT2D eigenvalue weighted by molar-refractivity contribution is 7.09. The van der Waals surface area contributed by atoms with Crippen LogP contribution in [-0.2, 0) is 20.9 Å². The summed E-state index contributed by atoms with van der Waals surface area (Å²) in [6.45, 7) is 0.390. The molecule has 1 N–H and O–H groups in total. The van der Waals surface area contributed by atoms with Gasteiger partial charge in [0.15, 0.2) is 0 Å². The van der Waals surface area contributed by atoms with E-state index in [4.69, 9.17) is 4.74 Å². The van der Waals surface area contributed by atoms with Crippen LogP contribution in [0.25, 0.3) is 0 Å². The van der Waals surface area contributed by atoms with Crippen molar-refractivity contribution in [2.45, 2.75) is 12.6 Å². The summed E-state index contributed by atoms with van der Waals surface area (Å²) in [5, 5.41) is 4.44. The number of carbonyl (C=O) groups is 2. The lowest BCUT2D eigenvalue weighted by Gasteiger charge is -2.34. The van der Waals surface area contributed by atoms with Gasteiger partial charge in [0.25, 0.3) is 0 Å². The molecule has 2 aromatic rings. The summed E-state index contributed by atoms with van der Waals surface area (Å²) in [5.41, 5.74) is 0.0894. The molecule has 1 aromatic carbocycles. The molecule has 0 aliphatic carbocycles. The number of hydrogen-bond acceptors (Lipinski definition) is 4. The predicted octanol–water partition coefficient (Wildman–Crippen LogP) is 2.25. The van der Waals surface area contributed by atoms with Crippen molar-refractivity contribution < 1.29 is 18.7 Å². The zero-order chi connectivity index (χ0) is 16.2. The van der Waals surface area contributed by atoms with Gasteiger partial charge in [-0.25, -0.2) is 4.39 Å². The van der Waals surface area contributed by atoms with Crippen LogP contribution in [-0.4, -0.2) is 36.0 Å². The molecule has 1 aliphatic rings. The number of nitrogens with zero attached hydrogens (tertiary/aromatic N) is 1. The highest BCUT2D eigenvalue weighted by Crippen LogP contribution is 2.19. The lowest BCUT2D eigenvalue weighted by Crippen LogP contribution is -2.54. The van der Waals surface area contributed by atoms with Crippen LogP contribution in [0, 0.1) is 5.82 Å². The zero-order valence-electron chi connectivity index (χ0n) is 12.2. The molecule has 1 saturated heterocycles. The molecule has 1 aliphatic heterocycles. The topological polar surface area (TPSA) is 58.6 Å². The van der Waals surface area contributed by atoms with E-state index in [1.165, 1.54) is 28.4 Å². The summed E-state index contributed by atoms with van der Waals surface area (Å²) >= 11 is 1.51. The number of anilines is 1. The number of para-hydroxylation sites is 1. The molecule has 0 bridgehead atoms. The maximum Gasteiger partial charge on any atom is 0.249 e. The monoisotopic (exact) mass is 334 g/mol. The number of thiophene rings is 1. The van der Waals surface area contributed by atoms with Gasteiger partial charge in [-0.15, -0.1) is 11.3 Å². The quantitative estimate of drug-likeness (QED) is 0.933. The van der Waals surface area contributed by atoms with Crippen molar-refractivity contribution in [3.05, 3.63) is 52.5 Å². The Labute approximate surface area is 136 Å². The zero-order valence-corrected chi connectivity index (χ0v) is 13.0. The normalized spacial score (nSPS) is 18.0. The minimum absolute atomic E-state index is 0.0468. The Kier molecular flexibility index (Phi) is 4.68. The van der Waals surface area contributed by atoms with Crippen LogP contribution < -0.4 is 5.32 Å². The van der Waals surface area contributed by atoms with Gasteiger partial charge in [-0.2, -0.15) is 0 Å². The second-order valence-corrected chi connectivity index (χ2v) is 6.13. The second-order valence-electron chi connectivity index (χ2n) is 5.10. The summed E-state index contributed by atoms with van der Waals surface area (Å²) in [6, 6.07) is 8.92. The summed E-state index contributed by atoms with van der Waals surface area (Å²) in [6.07, 6.45) is 0. The van der Waals surface area contributed by atoms with E-state index in [0.717, 1.165) is 4.88 Å². The van der Waals surface area contributed by atoms with Gasteiger partial charge in [0.05, 0.1) is 18.8 Å². The average Bonchev–Trinajstić information content (AvgIpc) is 3.04. The maximum atomic E-state index is 13.7. The first-order chi connectivity index (χ1) is 11.1. The average molecular weight is 334 g/mol. The van der Waals surface area contributed by atoms with Crippen LogP contribution >= 0.6 is 11.3 Å². The van der Waals surface area contributed by atoms with Gasteiger partial charge in [0.1, 0.15) is 18.5 Å². The number of morpholine rings is 1. The smallest absolute Gasteiger partial charge is 0.249 e. The number of ether oxygens (including phenoxy) is 1. The highest BCUT2D eigenvalue weighted by Gasteiger charge is 2.34. The van der Waals surface area contributed by atoms with Gasteiger partial charge in [-0.3, -0.25) is 9.59 Å². The lowest BCUT2D eigenvalue weighted by molar-refractivity contribution is -0.153. The van der Waals surface area contributed by atoms with Gasteiger partial charge in [-0.05, 0) is 23.6 Å². The molecule has 7 heteroatoms. The molecule has 0 unspecified atom stereocenters. The molecule has 0 radical (unpaired) electrons. The number of benzene rings is 1. The molecular weight excluding hydrogens is 319 g/mol. The minimum Gasteiger partial charge on any atom is -0.369 e. The number of amides is 2. The van der Waals surface area contributed by atoms with Crippen LogP contribution in [0.4, 0.5) is 10.1 Å². The third-order valence-electron chi connectivity index (χ3n) is 3.54. The van der Waals surface area contributed by atoms with Gasteiger partial charge in [0, 0.05) is 4.88 Å².